The smallest absolute Gasteiger partial charge is 0.337 e. The van der Waals surface area contributed by atoms with Crippen LogP contribution >= 0.6 is 0 Å². The molecular formula is C24H27F3N2. The van der Waals surface area contributed by atoms with Crippen molar-refractivity contribution >= 4 is 11.4 Å². The van der Waals surface area contributed by atoms with E-state index in [9.17, 15) is 13.2 Å². The molecule has 5 heteroatoms. The zero-order valence-electron chi connectivity index (χ0n) is 16.5. The topological polar surface area (TPSA) is 6.48 Å². The van der Waals surface area contributed by atoms with Gasteiger partial charge in [-0.25, -0.2) is 0 Å². The highest BCUT2D eigenvalue weighted by molar-refractivity contribution is 5.73. The highest BCUT2D eigenvalue weighted by Crippen LogP contribution is 2.49. The first-order chi connectivity index (χ1) is 14.0. The van der Waals surface area contributed by atoms with Crippen LogP contribution in [0.25, 0.3) is 0 Å². The normalized spacial score (nSPS) is 25.3. The Kier molecular flexibility index (Phi) is 4.81. The molecule has 2 atom stereocenters. The standard InChI is InChI=1S/C24H27F3N2/c25-24(26,27)18-8-5-9-19(14-18)29-22-11-4-3-10-20(22)21-16-28(13-12-23(21)29)15-17-6-1-2-7-17/h3-5,8-11,14,17,21,23H,1-2,6-7,12-13,15-16H2/t21-,23+/m0/s1. The molecule has 0 bridgehead atoms. The summed E-state index contributed by atoms with van der Waals surface area (Å²) in [6.07, 6.45) is 2.07. The number of hydrogen-bond acceptors (Lipinski definition) is 2. The maximum absolute atomic E-state index is 13.3. The highest BCUT2D eigenvalue weighted by atomic mass is 19.4. The molecule has 0 N–H and O–H groups in total. The fourth-order valence-electron chi connectivity index (χ4n) is 5.71. The number of alkyl halides is 3. The van der Waals surface area contributed by atoms with Crippen LogP contribution in [0.5, 0.6) is 0 Å². The molecule has 0 spiro atoms. The number of benzene rings is 2. The zero-order valence-corrected chi connectivity index (χ0v) is 16.5. The Labute approximate surface area is 170 Å². The second kappa shape index (κ2) is 7.35. The molecule has 29 heavy (non-hydrogen) atoms. The van der Waals surface area contributed by atoms with Crippen molar-refractivity contribution in [2.75, 3.05) is 24.5 Å². The molecule has 2 aromatic carbocycles. The summed E-state index contributed by atoms with van der Waals surface area (Å²) >= 11 is 0. The van der Waals surface area contributed by atoms with Gasteiger partial charge in [-0.1, -0.05) is 37.1 Å². The van der Waals surface area contributed by atoms with Gasteiger partial charge in [-0.15, -0.1) is 0 Å². The highest BCUT2D eigenvalue weighted by Gasteiger charge is 2.43. The molecule has 0 aromatic heterocycles. The predicted molar refractivity (Wildman–Crippen MR) is 110 cm³/mol. The molecule has 2 nitrogen and oxygen atoms in total. The minimum absolute atomic E-state index is 0.232. The summed E-state index contributed by atoms with van der Waals surface area (Å²) < 4.78 is 39.9. The maximum Gasteiger partial charge on any atom is 0.416 e. The average molecular weight is 400 g/mol. The Hall–Kier alpha value is -2.01. The minimum Gasteiger partial charge on any atom is -0.337 e. The van der Waals surface area contributed by atoms with Crippen LogP contribution in [-0.2, 0) is 6.18 Å². The molecule has 5 rings (SSSR count). The van der Waals surface area contributed by atoms with Crippen molar-refractivity contribution < 1.29 is 13.2 Å². The van der Waals surface area contributed by atoms with Crippen molar-refractivity contribution in [1.82, 2.24) is 4.90 Å². The van der Waals surface area contributed by atoms with Gasteiger partial charge < -0.3 is 9.80 Å². The number of fused-ring (bicyclic) bond motifs is 3. The number of para-hydroxylation sites is 1. The van der Waals surface area contributed by atoms with Gasteiger partial charge in [0.1, 0.15) is 0 Å². The third-order valence-electron chi connectivity index (χ3n) is 7.03. The number of nitrogens with zero attached hydrogens (tertiary/aromatic N) is 2. The second-order valence-electron chi connectivity index (χ2n) is 8.85. The number of likely N-dealkylation sites (tertiary alicyclic amines) is 1. The van der Waals surface area contributed by atoms with Gasteiger partial charge in [-0.2, -0.15) is 13.2 Å². The number of anilines is 2. The summed E-state index contributed by atoms with van der Waals surface area (Å²) in [5.74, 6) is 1.18. The van der Waals surface area contributed by atoms with E-state index in [0.717, 1.165) is 37.2 Å². The molecule has 154 valence electrons. The molecular weight excluding hydrogens is 373 g/mol. The molecule has 2 aliphatic heterocycles. The maximum atomic E-state index is 13.3. The summed E-state index contributed by atoms with van der Waals surface area (Å²) in [6, 6.07) is 14.3. The van der Waals surface area contributed by atoms with Crippen molar-refractivity contribution in [1.29, 1.82) is 0 Å². The summed E-state index contributed by atoms with van der Waals surface area (Å²) in [5, 5.41) is 0. The van der Waals surface area contributed by atoms with E-state index in [1.54, 1.807) is 0 Å². The van der Waals surface area contributed by atoms with E-state index in [1.807, 2.05) is 12.1 Å². The molecule has 0 amide bonds. The van der Waals surface area contributed by atoms with Gasteiger partial charge in [-0.3, -0.25) is 0 Å². The molecule has 3 aliphatic rings. The van der Waals surface area contributed by atoms with Crippen LogP contribution in [0, 0.1) is 5.92 Å². The predicted octanol–water partition coefficient (Wildman–Crippen LogP) is 6.21. The molecule has 1 saturated heterocycles. The Morgan fingerprint density at radius 1 is 0.931 bits per heavy atom. The Balaban J connectivity index is 1.45. The van der Waals surface area contributed by atoms with Gasteiger partial charge >= 0.3 is 6.18 Å². The van der Waals surface area contributed by atoms with E-state index in [4.69, 9.17) is 0 Å². The molecule has 2 fully saturated rings. The number of rotatable bonds is 3. The van der Waals surface area contributed by atoms with E-state index in [-0.39, 0.29) is 6.04 Å². The van der Waals surface area contributed by atoms with Crippen LogP contribution in [0.4, 0.5) is 24.5 Å². The van der Waals surface area contributed by atoms with Crippen LogP contribution in [0.1, 0.15) is 49.1 Å². The SMILES string of the molecule is FC(F)(F)c1cccc(N2c3ccccc3[C@@H]3CN(CC4CCCC4)CC[C@H]32)c1. The number of hydrogen-bond donors (Lipinski definition) is 0. The van der Waals surface area contributed by atoms with Gasteiger partial charge in [0.05, 0.1) is 5.56 Å². The van der Waals surface area contributed by atoms with Crippen LogP contribution in [0.2, 0.25) is 0 Å². The van der Waals surface area contributed by atoms with Gasteiger partial charge in [0.2, 0.25) is 0 Å². The summed E-state index contributed by atoms with van der Waals surface area (Å²) in [4.78, 5) is 4.77. The first kappa shape index (κ1) is 19.0. The first-order valence-electron chi connectivity index (χ1n) is 10.8. The largest absolute Gasteiger partial charge is 0.416 e. The first-order valence-corrected chi connectivity index (χ1v) is 10.8. The Morgan fingerprint density at radius 2 is 1.72 bits per heavy atom. The second-order valence-corrected chi connectivity index (χ2v) is 8.85. The zero-order chi connectivity index (χ0) is 20.0. The summed E-state index contributed by atoms with van der Waals surface area (Å²) in [7, 11) is 0. The average Bonchev–Trinajstić information content (AvgIpc) is 3.33. The summed E-state index contributed by atoms with van der Waals surface area (Å²) in [5.41, 5.74) is 2.44. The minimum atomic E-state index is -4.32. The quantitative estimate of drug-likeness (QED) is 0.605. The lowest BCUT2D eigenvalue weighted by Crippen LogP contribution is -2.46. The van der Waals surface area contributed by atoms with Crippen molar-refractivity contribution in [3.8, 4) is 0 Å². The van der Waals surface area contributed by atoms with E-state index >= 15 is 0 Å². The number of piperidine rings is 1. The number of halogens is 3. The van der Waals surface area contributed by atoms with Crippen molar-refractivity contribution in [2.45, 2.75) is 50.2 Å². The van der Waals surface area contributed by atoms with Gasteiger partial charge in [0, 0.05) is 43.0 Å². The van der Waals surface area contributed by atoms with Gasteiger partial charge in [0.25, 0.3) is 0 Å². The molecule has 2 aromatic rings. The van der Waals surface area contributed by atoms with Crippen molar-refractivity contribution in [2.24, 2.45) is 5.92 Å². The van der Waals surface area contributed by atoms with E-state index < -0.39 is 11.7 Å². The van der Waals surface area contributed by atoms with Gasteiger partial charge in [-0.05, 0) is 55.0 Å². The summed E-state index contributed by atoms with van der Waals surface area (Å²) in [6.45, 7) is 3.21. The van der Waals surface area contributed by atoms with E-state index in [2.05, 4.69) is 28.0 Å². The fraction of sp³-hybridized carbons (Fsp3) is 0.500. The monoisotopic (exact) mass is 400 g/mol. The van der Waals surface area contributed by atoms with E-state index in [1.165, 1.54) is 49.9 Å². The molecule has 1 aliphatic carbocycles. The third-order valence-corrected chi connectivity index (χ3v) is 7.03. The molecule has 1 saturated carbocycles. The molecule has 0 radical (unpaired) electrons. The van der Waals surface area contributed by atoms with Crippen molar-refractivity contribution in [3.63, 3.8) is 0 Å². The van der Waals surface area contributed by atoms with Crippen LogP contribution in [0.15, 0.2) is 48.5 Å². The Morgan fingerprint density at radius 3 is 2.52 bits per heavy atom. The van der Waals surface area contributed by atoms with Crippen LogP contribution in [-0.4, -0.2) is 30.6 Å². The van der Waals surface area contributed by atoms with Gasteiger partial charge in [0.15, 0.2) is 0 Å². The lowest BCUT2D eigenvalue weighted by atomic mass is 9.88. The Bertz CT molecular complexity index is 872. The van der Waals surface area contributed by atoms with E-state index in [0.29, 0.717) is 11.6 Å². The fourth-order valence-corrected chi connectivity index (χ4v) is 5.71. The lowest BCUT2D eigenvalue weighted by Gasteiger charge is -2.40. The van der Waals surface area contributed by atoms with Crippen LogP contribution in [0.3, 0.4) is 0 Å². The lowest BCUT2D eigenvalue weighted by molar-refractivity contribution is -0.137. The van der Waals surface area contributed by atoms with Crippen LogP contribution < -0.4 is 4.90 Å². The molecule has 0 unspecified atom stereocenters. The third kappa shape index (κ3) is 3.54. The molecule has 2 heterocycles. The van der Waals surface area contributed by atoms with Crippen molar-refractivity contribution in [3.05, 3.63) is 59.7 Å².